The lowest BCUT2D eigenvalue weighted by Crippen LogP contribution is -2.32. The van der Waals surface area contributed by atoms with Gasteiger partial charge in [-0.3, -0.25) is 0 Å². The van der Waals surface area contributed by atoms with Gasteiger partial charge in [-0.2, -0.15) is 0 Å². The zero-order valence-corrected chi connectivity index (χ0v) is 18.3. The number of carbonyl (C=O) groups excluding carboxylic acids is 1. The van der Waals surface area contributed by atoms with E-state index in [0.717, 1.165) is 21.7 Å². The summed E-state index contributed by atoms with van der Waals surface area (Å²) < 4.78 is 16.7. The molecule has 2 N–H and O–H groups in total. The van der Waals surface area contributed by atoms with Gasteiger partial charge in [-0.05, 0) is 45.7 Å². The van der Waals surface area contributed by atoms with Crippen LogP contribution in [0, 0.1) is 6.92 Å². The first-order chi connectivity index (χ1) is 13.8. The lowest BCUT2D eigenvalue weighted by Gasteiger charge is -2.20. The zero-order chi connectivity index (χ0) is 21.3. The third kappa shape index (κ3) is 8.00. The van der Waals surface area contributed by atoms with Gasteiger partial charge in [0.1, 0.15) is 18.0 Å². The monoisotopic (exact) mass is 422 g/mol. The average Bonchev–Trinajstić information content (AvgIpc) is 3.08. The number of ether oxygens (including phenoxy) is 3. The van der Waals surface area contributed by atoms with Crippen molar-refractivity contribution in [3.8, 4) is 16.2 Å². The topological polar surface area (TPSA) is 89.9 Å². The molecule has 0 saturated heterocycles. The predicted octanol–water partition coefficient (Wildman–Crippen LogP) is 3.92. The number of aliphatic hydroxyl groups is 1. The molecule has 1 amide bonds. The van der Waals surface area contributed by atoms with Gasteiger partial charge < -0.3 is 24.6 Å². The summed E-state index contributed by atoms with van der Waals surface area (Å²) in [6.07, 6.45) is 0.128. The highest BCUT2D eigenvalue weighted by molar-refractivity contribution is 7.13. The molecule has 1 aromatic heterocycles. The average molecular weight is 423 g/mol. The molecule has 8 heteroatoms. The van der Waals surface area contributed by atoms with E-state index >= 15 is 0 Å². The Bertz CT molecular complexity index is 786. The number of benzene rings is 1. The molecule has 0 fully saturated rings. The first kappa shape index (κ1) is 23.1. The summed E-state index contributed by atoms with van der Waals surface area (Å²) in [4.78, 5) is 17.4. The molecule has 0 aliphatic rings. The highest BCUT2D eigenvalue weighted by Gasteiger charge is 2.17. The third-order valence-electron chi connectivity index (χ3n) is 3.83. The normalized spacial score (nSPS) is 11.3. The molecule has 7 nitrogen and oxygen atoms in total. The summed E-state index contributed by atoms with van der Waals surface area (Å²) in [5.74, 6) is 0.678. The van der Waals surface area contributed by atoms with Crippen LogP contribution in [0.4, 0.5) is 4.79 Å². The molecule has 2 rings (SSSR count). The summed E-state index contributed by atoms with van der Waals surface area (Å²) in [6, 6.07) is 5.89. The maximum Gasteiger partial charge on any atom is 0.407 e. The smallest absolute Gasteiger partial charge is 0.407 e. The number of aromatic nitrogens is 1. The van der Waals surface area contributed by atoms with Gasteiger partial charge in [0, 0.05) is 25.3 Å². The van der Waals surface area contributed by atoms with Crippen LogP contribution in [0.15, 0.2) is 23.7 Å². The summed E-state index contributed by atoms with van der Waals surface area (Å²) >= 11 is 1.57. The number of alkyl carbamates (subject to hydrolysis) is 1. The largest absolute Gasteiger partial charge is 0.491 e. The molecular formula is C21H30N2O5S. The molecule has 29 heavy (non-hydrogen) atoms. The van der Waals surface area contributed by atoms with Crippen molar-refractivity contribution in [2.75, 3.05) is 26.4 Å². The second kappa shape index (κ2) is 11.1. The number of aliphatic hydroxyl groups excluding tert-OH is 1. The van der Waals surface area contributed by atoms with Gasteiger partial charge in [0.2, 0.25) is 0 Å². The molecular weight excluding hydrogens is 392 g/mol. The number of aryl methyl sites for hydroxylation is 1. The molecule has 0 aliphatic heterocycles. The van der Waals surface area contributed by atoms with E-state index in [1.807, 2.05) is 51.4 Å². The van der Waals surface area contributed by atoms with E-state index in [1.165, 1.54) is 0 Å². The molecule has 0 atom stereocenters. The van der Waals surface area contributed by atoms with E-state index < -0.39 is 11.7 Å². The van der Waals surface area contributed by atoms with E-state index in [4.69, 9.17) is 19.3 Å². The fraction of sp³-hybridized carbons (Fsp3) is 0.524. The fourth-order valence-corrected chi connectivity index (χ4v) is 3.32. The Morgan fingerprint density at radius 1 is 1.24 bits per heavy atom. The Labute approximate surface area is 176 Å². The Morgan fingerprint density at radius 2 is 2.03 bits per heavy atom. The van der Waals surface area contributed by atoms with E-state index in [-0.39, 0.29) is 13.2 Å². The van der Waals surface area contributed by atoms with Gasteiger partial charge in [0.25, 0.3) is 0 Å². The Balaban J connectivity index is 2.07. The van der Waals surface area contributed by atoms with Gasteiger partial charge >= 0.3 is 6.09 Å². The zero-order valence-electron chi connectivity index (χ0n) is 17.5. The van der Waals surface area contributed by atoms with E-state index in [2.05, 4.69) is 10.3 Å². The lowest BCUT2D eigenvalue weighted by molar-refractivity contribution is 0.0522. The summed E-state index contributed by atoms with van der Waals surface area (Å²) in [6.45, 7) is 9.12. The molecule has 1 heterocycles. The van der Waals surface area contributed by atoms with Crippen LogP contribution in [0.5, 0.6) is 5.75 Å². The summed E-state index contributed by atoms with van der Waals surface area (Å²) in [7, 11) is 0. The number of nitrogens with zero attached hydrogens (tertiary/aromatic N) is 1. The molecule has 0 bridgehead atoms. The van der Waals surface area contributed by atoms with Crippen LogP contribution in [0.2, 0.25) is 0 Å². The van der Waals surface area contributed by atoms with Crippen LogP contribution < -0.4 is 10.1 Å². The van der Waals surface area contributed by atoms with Crippen LogP contribution in [-0.4, -0.2) is 48.2 Å². The van der Waals surface area contributed by atoms with Crippen molar-refractivity contribution in [1.82, 2.24) is 10.3 Å². The highest BCUT2D eigenvalue weighted by atomic mass is 32.1. The second-order valence-corrected chi connectivity index (χ2v) is 8.34. The van der Waals surface area contributed by atoms with E-state index in [9.17, 15) is 4.79 Å². The Kier molecular flexibility index (Phi) is 8.88. The van der Waals surface area contributed by atoms with Crippen molar-refractivity contribution >= 4 is 17.4 Å². The van der Waals surface area contributed by atoms with Gasteiger partial charge in [0.05, 0.1) is 22.7 Å². The van der Waals surface area contributed by atoms with E-state index in [0.29, 0.717) is 32.0 Å². The van der Waals surface area contributed by atoms with Gasteiger partial charge in [-0.25, -0.2) is 9.78 Å². The minimum atomic E-state index is -0.553. The van der Waals surface area contributed by atoms with Crippen molar-refractivity contribution in [2.45, 2.75) is 46.3 Å². The second-order valence-electron chi connectivity index (χ2n) is 7.48. The number of carbonyl (C=O) groups is 1. The van der Waals surface area contributed by atoms with Crippen molar-refractivity contribution in [1.29, 1.82) is 0 Å². The molecule has 0 spiro atoms. The Morgan fingerprint density at radius 3 is 2.69 bits per heavy atom. The van der Waals surface area contributed by atoms with Crippen molar-refractivity contribution < 1.29 is 24.1 Å². The minimum Gasteiger partial charge on any atom is -0.491 e. The van der Waals surface area contributed by atoms with Gasteiger partial charge in [0.15, 0.2) is 0 Å². The van der Waals surface area contributed by atoms with Crippen LogP contribution in [0.25, 0.3) is 10.4 Å². The van der Waals surface area contributed by atoms with Crippen LogP contribution in [0.3, 0.4) is 0 Å². The molecule has 0 saturated carbocycles. The summed E-state index contributed by atoms with van der Waals surface area (Å²) in [5.41, 5.74) is 4.09. The number of hydrogen-bond acceptors (Lipinski definition) is 7. The maximum atomic E-state index is 12.0. The number of amides is 1. The van der Waals surface area contributed by atoms with Crippen molar-refractivity contribution in [3.63, 3.8) is 0 Å². The number of thiazole rings is 1. The summed E-state index contributed by atoms with van der Waals surface area (Å²) in [5, 5.41) is 11.6. The molecule has 0 radical (unpaired) electrons. The standard InChI is InChI=1S/C21H30N2O5S/c1-15-19(29-14-23-15)16-6-7-17(13-22-20(25)28-21(2,3)4)18(12-16)27-11-10-26-9-5-8-24/h6-7,12,14,24H,5,8-11,13H2,1-4H3,(H,22,25). The first-order valence-corrected chi connectivity index (χ1v) is 10.5. The fourth-order valence-electron chi connectivity index (χ4n) is 2.52. The number of rotatable bonds is 10. The van der Waals surface area contributed by atoms with E-state index in [1.54, 1.807) is 11.3 Å². The van der Waals surface area contributed by atoms with Gasteiger partial charge in [-0.1, -0.05) is 12.1 Å². The lowest BCUT2D eigenvalue weighted by atomic mass is 10.1. The quantitative estimate of drug-likeness (QED) is 0.564. The van der Waals surface area contributed by atoms with Crippen molar-refractivity contribution in [3.05, 3.63) is 35.0 Å². The SMILES string of the molecule is Cc1ncsc1-c1ccc(CNC(=O)OC(C)(C)C)c(OCCOCCCO)c1. The maximum absolute atomic E-state index is 12.0. The van der Waals surface area contributed by atoms with Crippen LogP contribution >= 0.6 is 11.3 Å². The molecule has 1 aromatic carbocycles. The Hall–Kier alpha value is -2.16. The van der Waals surface area contributed by atoms with Crippen LogP contribution in [-0.2, 0) is 16.0 Å². The minimum absolute atomic E-state index is 0.109. The van der Waals surface area contributed by atoms with Crippen LogP contribution in [0.1, 0.15) is 38.4 Å². The van der Waals surface area contributed by atoms with Crippen molar-refractivity contribution in [2.24, 2.45) is 0 Å². The van der Waals surface area contributed by atoms with Gasteiger partial charge in [-0.15, -0.1) is 11.3 Å². The number of hydrogen-bond donors (Lipinski definition) is 2. The number of nitrogens with one attached hydrogen (secondary N) is 1. The highest BCUT2D eigenvalue weighted by Crippen LogP contribution is 2.32. The molecule has 0 aliphatic carbocycles. The first-order valence-electron chi connectivity index (χ1n) is 9.62. The predicted molar refractivity (Wildman–Crippen MR) is 113 cm³/mol. The third-order valence-corrected chi connectivity index (χ3v) is 4.81. The molecule has 2 aromatic rings. The molecule has 0 unspecified atom stereocenters. The molecule has 160 valence electrons.